The predicted octanol–water partition coefficient (Wildman–Crippen LogP) is 4.00. The van der Waals surface area contributed by atoms with Gasteiger partial charge in [-0.05, 0) is 103 Å². The number of nitrogens with zero attached hydrogens (tertiary/aromatic N) is 3. The molecule has 4 fully saturated rings. The molecule has 1 heterocycles. The molecule has 1 aromatic heterocycles. The average molecular weight is 489 g/mol. The van der Waals surface area contributed by atoms with E-state index in [4.69, 9.17) is 0 Å². The van der Waals surface area contributed by atoms with E-state index in [-0.39, 0.29) is 41.0 Å². The number of aliphatic hydroxyl groups excluding tert-OH is 3. The highest BCUT2D eigenvalue weighted by atomic mass is 16.3. The fourth-order valence-electron chi connectivity index (χ4n) is 10.4. The second kappa shape index (κ2) is 9.36. The lowest BCUT2D eigenvalue weighted by Crippen LogP contribution is -2.65. The third-order valence-corrected chi connectivity index (χ3v) is 11.9. The van der Waals surface area contributed by atoms with Crippen LogP contribution < -0.4 is 0 Å². The van der Waals surface area contributed by atoms with E-state index in [0.717, 1.165) is 63.6 Å². The predicted molar refractivity (Wildman–Crippen MR) is 134 cm³/mol. The summed E-state index contributed by atoms with van der Waals surface area (Å²) in [4.78, 5) is 0. The van der Waals surface area contributed by atoms with Crippen molar-refractivity contribution in [2.24, 2.45) is 58.2 Å². The van der Waals surface area contributed by atoms with Crippen LogP contribution in [0.3, 0.4) is 0 Å². The summed E-state index contributed by atoms with van der Waals surface area (Å²) in [6.45, 7) is 11.6. The van der Waals surface area contributed by atoms with Crippen molar-refractivity contribution in [3.8, 4) is 0 Å². The van der Waals surface area contributed by atoms with Crippen LogP contribution in [0.4, 0.5) is 0 Å². The molecule has 0 radical (unpaired) electrons. The van der Waals surface area contributed by atoms with E-state index < -0.39 is 0 Å². The lowest BCUT2D eigenvalue weighted by molar-refractivity contribution is -0.228. The number of rotatable bonds is 6. The van der Waals surface area contributed by atoms with Crippen molar-refractivity contribution in [2.45, 2.75) is 111 Å². The van der Waals surface area contributed by atoms with Gasteiger partial charge in [-0.15, -0.1) is 10.2 Å². The first-order chi connectivity index (χ1) is 16.6. The van der Waals surface area contributed by atoms with Crippen LogP contribution in [0.15, 0.2) is 0 Å². The second-order valence-electron chi connectivity index (χ2n) is 13.5. The lowest BCUT2D eigenvalue weighted by Gasteiger charge is -2.65. The smallest absolute Gasteiger partial charge is 0.174 e. The van der Waals surface area contributed by atoms with Gasteiger partial charge >= 0.3 is 0 Å². The van der Waals surface area contributed by atoms with Crippen LogP contribution in [0.2, 0.25) is 0 Å². The van der Waals surface area contributed by atoms with Gasteiger partial charge in [-0.25, -0.2) is 0 Å². The molecule has 4 saturated carbocycles. The van der Waals surface area contributed by atoms with Gasteiger partial charge in [0.05, 0.1) is 18.3 Å². The first-order valence-electron chi connectivity index (χ1n) is 14.4. The molecule has 4 unspecified atom stereocenters. The number of nitrogens with one attached hydrogen (secondary N) is 1. The first-order valence-corrected chi connectivity index (χ1v) is 14.4. The maximum atomic E-state index is 11.9. The number of hydrogen-bond donors (Lipinski definition) is 4. The topological polar surface area (TPSA) is 115 Å². The summed E-state index contributed by atoms with van der Waals surface area (Å²) < 4.78 is 0. The summed E-state index contributed by atoms with van der Waals surface area (Å²) in [5.41, 5.74) is -0.0436. The van der Waals surface area contributed by atoms with Gasteiger partial charge in [-0.3, -0.25) is 0 Å². The monoisotopic (exact) mass is 488 g/mol. The van der Waals surface area contributed by atoms with Gasteiger partial charge in [0.15, 0.2) is 5.82 Å². The molecule has 4 N–H and O–H groups in total. The van der Waals surface area contributed by atoms with E-state index in [2.05, 4.69) is 55.2 Å². The minimum absolute atomic E-state index is 0.106. The van der Waals surface area contributed by atoms with Crippen molar-refractivity contribution in [1.29, 1.82) is 0 Å². The average Bonchev–Trinajstić information content (AvgIpc) is 3.44. The number of hydrogen-bond acceptors (Lipinski definition) is 6. The molecule has 4 aliphatic rings. The molecule has 0 bridgehead atoms. The third-order valence-electron chi connectivity index (χ3n) is 11.9. The molecule has 0 spiro atoms. The Labute approximate surface area is 210 Å². The highest BCUT2D eigenvalue weighted by Gasteiger charge is 2.67. The van der Waals surface area contributed by atoms with E-state index >= 15 is 0 Å². The molecule has 13 atom stereocenters. The van der Waals surface area contributed by atoms with Gasteiger partial charge in [-0.2, -0.15) is 5.21 Å². The molecule has 0 aliphatic heterocycles. The summed E-state index contributed by atoms with van der Waals surface area (Å²) >= 11 is 0. The summed E-state index contributed by atoms with van der Waals surface area (Å²) in [7, 11) is 0. The largest absolute Gasteiger partial charge is 0.393 e. The minimum Gasteiger partial charge on any atom is -0.393 e. The first kappa shape index (κ1) is 25.6. The van der Waals surface area contributed by atoms with E-state index in [1.165, 1.54) is 0 Å². The maximum absolute atomic E-state index is 11.9. The van der Waals surface area contributed by atoms with Crippen molar-refractivity contribution in [1.82, 2.24) is 20.6 Å². The Balaban J connectivity index is 1.39. The molecule has 35 heavy (non-hydrogen) atoms. The summed E-state index contributed by atoms with van der Waals surface area (Å²) in [6, 6.07) is 0. The summed E-state index contributed by atoms with van der Waals surface area (Å²) in [5.74, 6) is 3.76. The van der Waals surface area contributed by atoms with Crippen molar-refractivity contribution in [3.63, 3.8) is 0 Å². The van der Waals surface area contributed by atoms with Crippen LogP contribution in [0.5, 0.6) is 0 Å². The number of H-pyrrole nitrogens is 1. The fourth-order valence-corrected chi connectivity index (χ4v) is 10.4. The molecule has 5 rings (SSSR count). The molecule has 0 aromatic carbocycles. The Bertz CT molecular complexity index is 866. The molecule has 198 valence electrons. The zero-order chi connectivity index (χ0) is 25.1. The van der Waals surface area contributed by atoms with Crippen LogP contribution in [0.1, 0.15) is 91.8 Å². The molecular weight excluding hydrogens is 440 g/mol. The Morgan fingerprint density at radius 1 is 1.03 bits per heavy atom. The molecule has 4 aliphatic carbocycles. The van der Waals surface area contributed by atoms with Crippen LogP contribution in [0, 0.1) is 58.2 Å². The summed E-state index contributed by atoms with van der Waals surface area (Å²) in [5, 5.41) is 48.7. The SMILES string of the molecule is CC[C@H]1C(O)C2C3CC[C@H]([C@H](C)C[C@H](C)Cc4nn[nH]n4)[C@@]3(C)[C@@H](O)CC2[C@@]2(C)CC[C@@H](O)C[C@@H]12. The van der Waals surface area contributed by atoms with Crippen LogP contribution in [0.25, 0.3) is 0 Å². The van der Waals surface area contributed by atoms with Crippen molar-refractivity contribution < 1.29 is 15.3 Å². The Hall–Kier alpha value is -1.05. The van der Waals surface area contributed by atoms with Gasteiger partial charge in [-0.1, -0.05) is 46.3 Å². The Morgan fingerprint density at radius 2 is 1.80 bits per heavy atom. The van der Waals surface area contributed by atoms with Crippen molar-refractivity contribution >= 4 is 0 Å². The molecule has 7 nitrogen and oxygen atoms in total. The zero-order valence-electron chi connectivity index (χ0n) is 22.4. The second-order valence-corrected chi connectivity index (χ2v) is 13.5. The van der Waals surface area contributed by atoms with Crippen molar-refractivity contribution in [3.05, 3.63) is 5.82 Å². The number of aromatic nitrogens is 4. The molecule has 1 aromatic rings. The Kier molecular flexibility index (Phi) is 6.84. The lowest BCUT2D eigenvalue weighted by atomic mass is 9.41. The normalized spacial score (nSPS) is 49.1. The highest BCUT2D eigenvalue weighted by molar-refractivity contribution is 5.15. The van der Waals surface area contributed by atoms with E-state index in [0.29, 0.717) is 35.5 Å². The van der Waals surface area contributed by atoms with E-state index in [1.54, 1.807) is 0 Å². The maximum Gasteiger partial charge on any atom is 0.174 e. The van der Waals surface area contributed by atoms with Gasteiger partial charge in [0.1, 0.15) is 0 Å². The molecule has 0 saturated heterocycles. The molecule has 7 heteroatoms. The van der Waals surface area contributed by atoms with E-state index in [9.17, 15) is 15.3 Å². The van der Waals surface area contributed by atoms with Crippen molar-refractivity contribution in [2.75, 3.05) is 0 Å². The standard InChI is InChI=1S/C28H48N4O3/c1-6-18-21-13-17(33)9-10-27(21,4)22-14-23(34)28(5)19(7-8-20(28)25(22)26(18)35)16(3)11-15(2)12-24-29-31-32-30-24/h15-23,25-26,33-35H,6-14H2,1-5H3,(H,29,30,31,32)/t15-,16+,17+,18+,19+,20?,21-,22?,23-,25?,26?,27-,28+/m0/s1. The quantitative estimate of drug-likeness (QED) is 0.481. The summed E-state index contributed by atoms with van der Waals surface area (Å²) in [6.07, 6.45) is 7.73. The van der Waals surface area contributed by atoms with Gasteiger partial charge < -0.3 is 15.3 Å². The van der Waals surface area contributed by atoms with Crippen LogP contribution in [-0.2, 0) is 6.42 Å². The minimum atomic E-state index is -0.328. The van der Waals surface area contributed by atoms with Crippen LogP contribution in [-0.4, -0.2) is 54.3 Å². The molecular formula is C28H48N4O3. The fraction of sp³-hybridized carbons (Fsp3) is 0.964. The number of aliphatic hydroxyl groups is 3. The van der Waals surface area contributed by atoms with Gasteiger partial charge in [0, 0.05) is 6.42 Å². The highest BCUT2D eigenvalue weighted by Crippen LogP contribution is 2.69. The van der Waals surface area contributed by atoms with Gasteiger partial charge in [0.2, 0.25) is 0 Å². The number of tetrazole rings is 1. The van der Waals surface area contributed by atoms with Gasteiger partial charge in [0.25, 0.3) is 0 Å². The van der Waals surface area contributed by atoms with E-state index in [1.807, 2.05) is 0 Å². The Morgan fingerprint density at radius 3 is 2.49 bits per heavy atom. The third kappa shape index (κ3) is 3.99. The molecule has 0 amide bonds. The number of fused-ring (bicyclic) bond motifs is 5. The van der Waals surface area contributed by atoms with Crippen LogP contribution >= 0.6 is 0 Å². The number of aromatic amines is 1. The zero-order valence-corrected chi connectivity index (χ0v) is 22.4.